The van der Waals surface area contributed by atoms with Crippen molar-refractivity contribution in [1.82, 2.24) is 4.98 Å². The fourth-order valence-corrected chi connectivity index (χ4v) is 1.89. The molecule has 4 heteroatoms. The molecule has 20 heavy (non-hydrogen) atoms. The van der Waals surface area contributed by atoms with E-state index < -0.39 is 0 Å². The zero-order valence-corrected chi connectivity index (χ0v) is 12.3. The number of pyridine rings is 1. The zero-order valence-electron chi connectivity index (χ0n) is 12.3. The number of nitrogens with zero attached hydrogens (tertiary/aromatic N) is 2. The van der Waals surface area contributed by atoms with E-state index >= 15 is 0 Å². The third kappa shape index (κ3) is 2.96. The van der Waals surface area contributed by atoms with Gasteiger partial charge < -0.3 is 10.2 Å². The Balaban J connectivity index is 2.24. The van der Waals surface area contributed by atoms with E-state index in [0.29, 0.717) is 5.56 Å². The maximum atomic E-state index is 12.3. The second-order valence-corrected chi connectivity index (χ2v) is 5.00. The fourth-order valence-electron chi connectivity index (χ4n) is 1.89. The molecule has 0 bridgehead atoms. The van der Waals surface area contributed by atoms with Gasteiger partial charge in [0.25, 0.3) is 5.91 Å². The first-order valence-corrected chi connectivity index (χ1v) is 6.50. The molecular formula is C16H19N3O. The van der Waals surface area contributed by atoms with E-state index in [0.717, 1.165) is 22.6 Å². The summed E-state index contributed by atoms with van der Waals surface area (Å²) >= 11 is 0. The standard InChI is InChI=1S/C16H19N3O/c1-11-6-5-7-14(12(11)2)18-16(20)13-8-9-17-15(10-13)19(3)4/h5-10H,1-4H3,(H,18,20). The van der Waals surface area contributed by atoms with Gasteiger partial charge in [-0.3, -0.25) is 4.79 Å². The molecule has 0 aliphatic rings. The van der Waals surface area contributed by atoms with Crippen molar-refractivity contribution in [1.29, 1.82) is 0 Å². The average molecular weight is 269 g/mol. The summed E-state index contributed by atoms with van der Waals surface area (Å²) in [7, 11) is 3.80. The van der Waals surface area contributed by atoms with Crippen LogP contribution in [0.25, 0.3) is 0 Å². The van der Waals surface area contributed by atoms with Crippen LogP contribution in [0.5, 0.6) is 0 Å². The first kappa shape index (κ1) is 14.1. The van der Waals surface area contributed by atoms with Gasteiger partial charge in [-0.1, -0.05) is 12.1 Å². The lowest BCUT2D eigenvalue weighted by Crippen LogP contribution is -2.15. The zero-order chi connectivity index (χ0) is 14.7. The molecule has 2 aromatic rings. The number of carbonyl (C=O) groups is 1. The lowest BCUT2D eigenvalue weighted by molar-refractivity contribution is 0.102. The van der Waals surface area contributed by atoms with Crippen molar-refractivity contribution in [2.75, 3.05) is 24.3 Å². The van der Waals surface area contributed by atoms with Crippen molar-refractivity contribution < 1.29 is 4.79 Å². The summed E-state index contributed by atoms with van der Waals surface area (Å²) in [6.45, 7) is 4.03. The largest absolute Gasteiger partial charge is 0.363 e. The fraction of sp³-hybridized carbons (Fsp3) is 0.250. The van der Waals surface area contributed by atoms with Crippen LogP contribution in [0.4, 0.5) is 11.5 Å². The number of nitrogens with one attached hydrogen (secondary N) is 1. The van der Waals surface area contributed by atoms with Crippen LogP contribution in [0.2, 0.25) is 0 Å². The highest BCUT2D eigenvalue weighted by Gasteiger charge is 2.10. The van der Waals surface area contributed by atoms with Crippen molar-refractivity contribution in [2.24, 2.45) is 0 Å². The molecule has 0 unspecified atom stereocenters. The summed E-state index contributed by atoms with van der Waals surface area (Å²) < 4.78 is 0. The van der Waals surface area contributed by atoms with Crippen molar-refractivity contribution in [3.8, 4) is 0 Å². The predicted octanol–water partition coefficient (Wildman–Crippen LogP) is 3.02. The number of amides is 1. The van der Waals surface area contributed by atoms with Crippen molar-refractivity contribution in [3.05, 3.63) is 53.2 Å². The van der Waals surface area contributed by atoms with Gasteiger partial charge in [-0.15, -0.1) is 0 Å². The first-order chi connectivity index (χ1) is 9.49. The van der Waals surface area contributed by atoms with E-state index in [4.69, 9.17) is 0 Å². The van der Waals surface area contributed by atoms with Crippen molar-refractivity contribution >= 4 is 17.4 Å². The van der Waals surface area contributed by atoms with Crippen LogP contribution in [0, 0.1) is 13.8 Å². The number of benzene rings is 1. The van der Waals surface area contributed by atoms with Crippen LogP contribution in [0.1, 0.15) is 21.5 Å². The van der Waals surface area contributed by atoms with E-state index in [9.17, 15) is 4.79 Å². The van der Waals surface area contributed by atoms with Gasteiger partial charge in [-0.2, -0.15) is 0 Å². The summed E-state index contributed by atoms with van der Waals surface area (Å²) in [5.74, 6) is 0.641. The lowest BCUT2D eigenvalue weighted by Gasteiger charge is -2.13. The topological polar surface area (TPSA) is 45.2 Å². The normalized spacial score (nSPS) is 10.2. The molecule has 1 aromatic heterocycles. The van der Waals surface area contributed by atoms with Gasteiger partial charge in [0.1, 0.15) is 5.82 Å². The Labute approximate surface area is 119 Å². The molecule has 2 rings (SSSR count). The minimum absolute atomic E-state index is 0.121. The SMILES string of the molecule is Cc1cccc(NC(=O)c2ccnc(N(C)C)c2)c1C. The van der Waals surface area contributed by atoms with Crippen LogP contribution < -0.4 is 10.2 Å². The van der Waals surface area contributed by atoms with E-state index in [1.807, 2.05) is 51.0 Å². The van der Waals surface area contributed by atoms with Gasteiger partial charge in [0.15, 0.2) is 0 Å². The molecule has 1 N–H and O–H groups in total. The highest BCUT2D eigenvalue weighted by atomic mass is 16.1. The van der Waals surface area contributed by atoms with Crippen molar-refractivity contribution in [3.63, 3.8) is 0 Å². The number of hydrogen-bond acceptors (Lipinski definition) is 3. The molecule has 0 aliphatic carbocycles. The number of aromatic nitrogens is 1. The molecule has 0 fully saturated rings. The minimum Gasteiger partial charge on any atom is -0.363 e. The van der Waals surface area contributed by atoms with Gasteiger partial charge in [0, 0.05) is 31.5 Å². The monoisotopic (exact) mass is 269 g/mol. The Hall–Kier alpha value is -2.36. The second-order valence-electron chi connectivity index (χ2n) is 5.00. The third-order valence-electron chi connectivity index (χ3n) is 3.32. The number of carbonyl (C=O) groups excluding carboxylic acids is 1. The Morgan fingerprint density at radius 3 is 2.65 bits per heavy atom. The van der Waals surface area contributed by atoms with Crippen molar-refractivity contribution in [2.45, 2.75) is 13.8 Å². The summed E-state index contributed by atoms with van der Waals surface area (Å²) in [5, 5.41) is 2.95. The number of aryl methyl sites for hydroxylation is 1. The van der Waals surface area contributed by atoms with Crippen LogP contribution in [-0.2, 0) is 0 Å². The maximum Gasteiger partial charge on any atom is 0.255 e. The average Bonchev–Trinajstić information content (AvgIpc) is 2.44. The Bertz CT molecular complexity index is 635. The lowest BCUT2D eigenvalue weighted by atomic mass is 10.1. The molecule has 104 valence electrons. The predicted molar refractivity (Wildman–Crippen MR) is 82.4 cm³/mol. The molecule has 0 atom stereocenters. The highest BCUT2D eigenvalue weighted by molar-refractivity contribution is 6.05. The van der Waals surface area contributed by atoms with Crippen LogP contribution in [0.15, 0.2) is 36.5 Å². The summed E-state index contributed by atoms with van der Waals surface area (Å²) in [6, 6.07) is 9.37. The number of hydrogen-bond donors (Lipinski definition) is 1. The Morgan fingerprint density at radius 2 is 1.95 bits per heavy atom. The molecule has 1 heterocycles. The van der Waals surface area contributed by atoms with Gasteiger partial charge in [0.05, 0.1) is 0 Å². The molecule has 0 spiro atoms. The van der Waals surface area contributed by atoms with E-state index in [-0.39, 0.29) is 5.91 Å². The molecule has 0 saturated carbocycles. The van der Waals surface area contributed by atoms with E-state index in [2.05, 4.69) is 10.3 Å². The van der Waals surface area contributed by atoms with Gasteiger partial charge in [0.2, 0.25) is 0 Å². The van der Waals surface area contributed by atoms with Gasteiger partial charge in [-0.05, 0) is 43.2 Å². The molecule has 1 aromatic carbocycles. The molecule has 0 radical (unpaired) electrons. The second kappa shape index (κ2) is 5.74. The minimum atomic E-state index is -0.121. The Morgan fingerprint density at radius 1 is 1.20 bits per heavy atom. The summed E-state index contributed by atoms with van der Waals surface area (Å²) in [4.78, 5) is 18.4. The van der Waals surface area contributed by atoms with E-state index in [1.54, 1.807) is 18.3 Å². The smallest absolute Gasteiger partial charge is 0.255 e. The van der Waals surface area contributed by atoms with Gasteiger partial charge >= 0.3 is 0 Å². The molecule has 0 aliphatic heterocycles. The summed E-state index contributed by atoms with van der Waals surface area (Å²) in [5.41, 5.74) is 3.69. The van der Waals surface area contributed by atoms with Crippen LogP contribution in [-0.4, -0.2) is 25.0 Å². The van der Waals surface area contributed by atoms with Crippen LogP contribution >= 0.6 is 0 Å². The van der Waals surface area contributed by atoms with Crippen LogP contribution in [0.3, 0.4) is 0 Å². The number of anilines is 2. The van der Waals surface area contributed by atoms with Gasteiger partial charge in [-0.25, -0.2) is 4.98 Å². The van der Waals surface area contributed by atoms with E-state index in [1.165, 1.54) is 0 Å². The quantitative estimate of drug-likeness (QED) is 0.931. The molecular weight excluding hydrogens is 250 g/mol. The first-order valence-electron chi connectivity index (χ1n) is 6.50. The molecule has 0 saturated heterocycles. The maximum absolute atomic E-state index is 12.3. The number of rotatable bonds is 3. The Kier molecular flexibility index (Phi) is 4.03. The summed E-state index contributed by atoms with van der Waals surface area (Å²) in [6.07, 6.45) is 1.65. The molecule has 4 nitrogen and oxygen atoms in total. The third-order valence-corrected chi connectivity index (χ3v) is 3.32. The highest BCUT2D eigenvalue weighted by Crippen LogP contribution is 2.19. The molecule has 1 amide bonds.